The van der Waals surface area contributed by atoms with Gasteiger partial charge in [0.2, 0.25) is 0 Å². The van der Waals surface area contributed by atoms with Crippen molar-refractivity contribution in [1.29, 1.82) is 0 Å². The predicted octanol–water partition coefficient (Wildman–Crippen LogP) is 5.27. The topological polar surface area (TPSA) is 60.9 Å². The van der Waals surface area contributed by atoms with Crippen LogP contribution in [0.25, 0.3) is 11.0 Å². The van der Waals surface area contributed by atoms with Crippen LogP contribution in [0.1, 0.15) is 5.56 Å². The van der Waals surface area contributed by atoms with E-state index in [1.54, 1.807) is 24.3 Å². The Morgan fingerprint density at radius 1 is 1.13 bits per heavy atom. The number of H-pyrrole nitrogens is 1. The molecule has 0 unspecified atom stereocenters. The largest absolute Gasteiger partial charge is 0.416 e. The highest BCUT2D eigenvalue weighted by Crippen LogP contribution is 2.32. The molecular formula is C14H10F3N3OS2. The lowest BCUT2D eigenvalue weighted by atomic mass is 10.2. The molecule has 23 heavy (non-hydrogen) atoms. The van der Waals surface area contributed by atoms with Crippen LogP contribution in [0.2, 0.25) is 0 Å². The summed E-state index contributed by atoms with van der Waals surface area (Å²) < 4.78 is 49.9. The zero-order valence-corrected chi connectivity index (χ0v) is 13.0. The van der Waals surface area contributed by atoms with Gasteiger partial charge in [-0.15, -0.1) is 0 Å². The predicted molar refractivity (Wildman–Crippen MR) is 85.5 cm³/mol. The van der Waals surface area contributed by atoms with E-state index in [9.17, 15) is 13.2 Å². The number of hydrogen-bond donors (Lipinski definition) is 3. The first-order valence-electron chi connectivity index (χ1n) is 6.37. The summed E-state index contributed by atoms with van der Waals surface area (Å²) in [6.07, 6.45) is -4.37. The first-order valence-corrected chi connectivity index (χ1v) is 7.96. The van der Waals surface area contributed by atoms with Gasteiger partial charge in [0.05, 0.1) is 28.6 Å². The van der Waals surface area contributed by atoms with Crippen molar-refractivity contribution in [2.75, 3.05) is 4.72 Å². The highest BCUT2D eigenvalue weighted by Gasteiger charge is 2.30. The molecule has 0 bridgehead atoms. The Balaban J connectivity index is 1.75. The van der Waals surface area contributed by atoms with Crippen LogP contribution >= 0.6 is 24.0 Å². The molecule has 0 amide bonds. The molecule has 1 aromatic heterocycles. The van der Waals surface area contributed by atoms with E-state index in [2.05, 4.69) is 14.7 Å². The highest BCUT2D eigenvalue weighted by atomic mass is 32.2. The number of hydrogen-bond acceptors (Lipinski definition) is 5. The maximum atomic E-state index is 12.7. The number of imidazole rings is 1. The SMILES string of the molecule is OSc1nc2ccc(SNc3cccc(C(F)(F)F)c3)cc2[nH]1. The summed E-state index contributed by atoms with van der Waals surface area (Å²) in [5.41, 5.74) is 1.10. The van der Waals surface area contributed by atoms with E-state index in [0.717, 1.165) is 22.5 Å². The Hall–Kier alpha value is -1.84. The maximum absolute atomic E-state index is 12.7. The van der Waals surface area contributed by atoms with Crippen molar-refractivity contribution in [3.8, 4) is 0 Å². The number of nitrogens with one attached hydrogen (secondary N) is 2. The molecule has 1 heterocycles. The fourth-order valence-electron chi connectivity index (χ4n) is 1.95. The van der Waals surface area contributed by atoms with Crippen molar-refractivity contribution >= 4 is 40.7 Å². The van der Waals surface area contributed by atoms with E-state index in [0.29, 0.717) is 28.4 Å². The summed E-state index contributed by atoms with van der Waals surface area (Å²) in [4.78, 5) is 7.86. The number of halogens is 3. The standard InChI is InChI=1S/C14H10F3N3OS2/c15-14(16,17)8-2-1-3-9(6-8)20-22-10-4-5-11-12(7-10)19-13(18-11)23-21/h1-7,20-21H,(H,18,19). The van der Waals surface area contributed by atoms with Crippen molar-refractivity contribution in [3.63, 3.8) is 0 Å². The minimum Gasteiger partial charge on any atom is -0.331 e. The molecule has 3 aromatic rings. The smallest absolute Gasteiger partial charge is 0.331 e. The average Bonchev–Trinajstić information content (AvgIpc) is 2.94. The number of anilines is 1. The van der Waals surface area contributed by atoms with Gasteiger partial charge in [-0.1, -0.05) is 6.07 Å². The molecule has 0 saturated heterocycles. The van der Waals surface area contributed by atoms with Crippen molar-refractivity contribution < 1.29 is 17.7 Å². The first kappa shape index (κ1) is 16.0. The van der Waals surface area contributed by atoms with Gasteiger partial charge in [0, 0.05) is 10.6 Å². The molecule has 0 spiro atoms. The Labute approximate surface area is 137 Å². The molecule has 3 N–H and O–H groups in total. The summed E-state index contributed by atoms with van der Waals surface area (Å²) >= 11 is 1.71. The van der Waals surface area contributed by atoms with Crippen LogP contribution in [0.4, 0.5) is 18.9 Å². The molecule has 9 heteroatoms. The maximum Gasteiger partial charge on any atom is 0.416 e. The van der Waals surface area contributed by atoms with Crippen molar-refractivity contribution in [1.82, 2.24) is 9.97 Å². The third-order valence-electron chi connectivity index (χ3n) is 2.99. The zero-order valence-electron chi connectivity index (χ0n) is 11.4. The first-order chi connectivity index (χ1) is 11.0. The third kappa shape index (κ3) is 3.74. The molecule has 0 saturated carbocycles. The van der Waals surface area contributed by atoms with Crippen LogP contribution in [0, 0.1) is 0 Å². The molecule has 0 aliphatic rings. The Morgan fingerprint density at radius 3 is 2.70 bits per heavy atom. The second-order valence-corrected chi connectivity index (χ2v) is 6.04. The number of aromatic amines is 1. The van der Waals surface area contributed by atoms with Crippen LogP contribution in [0.3, 0.4) is 0 Å². The van der Waals surface area contributed by atoms with E-state index >= 15 is 0 Å². The number of benzene rings is 2. The summed E-state index contributed by atoms with van der Waals surface area (Å²) in [5.74, 6) is 0. The number of rotatable bonds is 4. The molecule has 0 atom stereocenters. The minimum atomic E-state index is -4.37. The Kier molecular flexibility index (Phi) is 4.42. The lowest BCUT2D eigenvalue weighted by Gasteiger charge is -2.10. The quantitative estimate of drug-likeness (QED) is 0.439. The van der Waals surface area contributed by atoms with Gasteiger partial charge < -0.3 is 14.3 Å². The second-order valence-electron chi connectivity index (χ2n) is 4.59. The fourth-order valence-corrected chi connectivity index (χ4v) is 2.92. The van der Waals surface area contributed by atoms with Crippen LogP contribution < -0.4 is 4.72 Å². The molecule has 2 aromatic carbocycles. The molecule has 0 fully saturated rings. The lowest BCUT2D eigenvalue weighted by Crippen LogP contribution is -2.04. The lowest BCUT2D eigenvalue weighted by molar-refractivity contribution is -0.137. The molecule has 0 aliphatic heterocycles. The summed E-state index contributed by atoms with van der Waals surface area (Å²) in [5, 5.41) is 0.382. The van der Waals surface area contributed by atoms with Crippen molar-refractivity contribution in [2.45, 2.75) is 16.2 Å². The van der Waals surface area contributed by atoms with Crippen LogP contribution in [0.15, 0.2) is 52.5 Å². The Morgan fingerprint density at radius 2 is 1.96 bits per heavy atom. The Bertz CT molecular complexity index is 835. The third-order valence-corrected chi connectivity index (χ3v) is 4.19. The van der Waals surface area contributed by atoms with E-state index in [-0.39, 0.29) is 0 Å². The van der Waals surface area contributed by atoms with Gasteiger partial charge in [0.25, 0.3) is 0 Å². The van der Waals surface area contributed by atoms with E-state index in [4.69, 9.17) is 4.55 Å². The summed E-state index contributed by atoms with van der Waals surface area (Å²) in [6.45, 7) is 0. The van der Waals surface area contributed by atoms with Gasteiger partial charge >= 0.3 is 6.18 Å². The summed E-state index contributed by atoms with van der Waals surface area (Å²) in [7, 11) is 0. The molecule has 0 aliphatic carbocycles. The zero-order chi connectivity index (χ0) is 16.4. The van der Waals surface area contributed by atoms with Crippen LogP contribution in [-0.4, -0.2) is 14.5 Å². The normalized spacial score (nSPS) is 11.8. The van der Waals surface area contributed by atoms with Crippen molar-refractivity contribution in [2.24, 2.45) is 0 Å². The monoisotopic (exact) mass is 357 g/mol. The average molecular weight is 357 g/mol. The number of nitrogens with zero attached hydrogens (tertiary/aromatic N) is 1. The van der Waals surface area contributed by atoms with Gasteiger partial charge in [0.1, 0.15) is 0 Å². The molecule has 4 nitrogen and oxygen atoms in total. The fraction of sp³-hybridized carbons (Fsp3) is 0.0714. The van der Waals surface area contributed by atoms with Gasteiger partial charge in [0.15, 0.2) is 5.16 Å². The molecule has 0 radical (unpaired) electrons. The second kappa shape index (κ2) is 6.34. The van der Waals surface area contributed by atoms with Crippen molar-refractivity contribution in [3.05, 3.63) is 48.0 Å². The van der Waals surface area contributed by atoms with Crippen LogP contribution in [-0.2, 0) is 6.18 Å². The van der Waals surface area contributed by atoms with Gasteiger partial charge in [-0.05, 0) is 48.3 Å². The number of aromatic nitrogens is 2. The molecular weight excluding hydrogens is 347 g/mol. The molecule has 120 valence electrons. The van der Waals surface area contributed by atoms with Crippen LogP contribution in [0.5, 0.6) is 0 Å². The van der Waals surface area contributed by atoms with Gasteiger partial charge in [-0.25, -0.2) is 4.98 Å². The van der Waals surface area contributed by atoms with Gasteiger partial charge in [-0.2, -0.15) is 13.2 Å². The van der Waals surface area contributed by atoms with Gasteiger partial charge in [-0.3, -0.25) is 0 Å². The summed E-state index contributed by atoms with van der Waals surface area (Å²) in [6, 6.07) is 10.4. The molecule has 3 rings (SSSR count). The van der Waals surface area contributed by atoms with E-state index in [1.807, 2.05) is 0 Å². The minimum absolute atomic E-state index is 0.362. The number of fused-ring (bicyclic) bond motifs is 1. The number of alkyl halides is 3. The van der Waals surface area contributed by atoms with E-state index < -0.39 is 11.7 Å². The highest BCUT2D eigenvalue weighted by molar-refractivity contribution is 8.00. The van der Waals surface area contributed by atoms with E-state index in [1.165, 1.54) is 18.0 Å².